The molecule has 0 radical (unpaired) electrons. The first kappa shape index (κ1) is 17.6. The first-order valence-electron chi connectivity index (χ1n) is 6.69. The number of carbonyl (C=O) groups is 1. The summed E-state index contributed by atoms with van der Waals surface area (Å²) < 4.78 is 30.3. The van der Waals surface area contributed by atoms with E-state index in [1.54, 1.807) is 6.07 Å². The molecule has 0 aliphatic rings. The summed E-state index contributed by atoms with van der Waals surface area (Å²) in [4.78, 5) is 11.6. The van der Waals surface area contributed by atoms with Gasteiger partial charge in [-0.3, -0.25) is 9.00 Å². The van der Waals surface area contributed by atoms with Crippen molar-refractivity contribution in [2.75, 3.05) is 12.9 Å². The largest absolute Gasteiger partial charge is 0.494 e. The van der Waals surface area contributed by atoms with Gasteiger partial charge in [-0.2, -0.15) is 0 Å². The van der Waals surface area contributed by atoms with Crippen LogP contribution in [0.25, 0.3) is 0 Å². The lowest BCUT2D eigenvalue weighted by atomic mass is 10.1. The Labute approximate surface area is 127 Å². The lowest BCUT2D eigenvalue weighted by Gasteiger charge is -2.20. The van der Waals surface area contributed by atoms with Gasteiger partial charge in [-0.25, -0.2) is 4.39 Å². The van der Waals surface area contributed by atoms with Crippen molar-refractivity contribution >= 4 is 16.7 Å². The van der Waals surface area contributed by atoms with Gasteiger partial charge in [0, 0.05) is 34.3 Å². The molecular formula is C15H22FNO3S. The number of nitrogens with one attached hydrogen (secondary N) is 1. The summed E-state index contributed by atoms with van der Waals surface area (Å²) in [5.74, 6) is 0.0440. The number of rotatable bonds is 6. The van der Waals surface area contributed by atoms with Crippen LogP contribution >= 0.6 is 0 Å². The molecule has 0 saturated heterocycles. The minimum atomic E-state index is -1.21. The first-order chi connectivity index (χ1) is 9.71. The van der Waals surface area contributed by atoms with Gasteiger partial charge < -0.3 is 10.1 Å². The van der Waals surface area contributed by atoms with Gasteiger partial charge in [0.2, 0.25) is 5.91 Å². The Morgan fingerprint density at radius 1 is 1.38 bits per heavy atom. The van der Waals surface area contributed by atoms with Crippen molar-refractivity contribution in [2.24, 2.45) is 0 Å². The lowest BCUT2D eigenvalue weighted by molar-refractivity contribution is -0.122. The Balaban J connectivity index is 2.47. The van der Waals surface area contributed by atoms with Crippen LogP contribution in [0.15, 0.2) is 18.2 Å². The standard InChI is InChI=1S/C15H22FNO3S/c1-15(2,3)17-14(18)7-8-21(19)10-11-5-6-13(20-4)12(16)9-11/h5-6,9H,7-8,10H2,1-4H3,(H,17,18)/t21-/m0/s1. The second kappa shape index (κ2) is 7.54. The molecule has 1 atom stereocenters. The van der Waals surface area contributed by atoms with Crippen LogP contribution in [0.5, 0.6) is 5.75 Å². The molecule has 0 aliphatic carbocycles. The molecule has 0 heterocycles. The number of amides is 1. The number of ether oxygens (including phenoxy) is 1. The van der Waals surface area contributed by atoms with Crippen molar-refractivity contribution in [3.8, 4) is 5.75 Å². The fourth-order valence-corrected chi connectivity index (χ4v) is 2.85. The molecule has 1 amide bonds. The number of hydrogen-bond donors (Lipinski definition) is 1. The highest BCUT2D eigenvalue weighted by Crippen LogP contribution is 2.18. The molecule has 0 aliphatic heterocycles. The fourth-order valence-electron chi connectivity index (χ4n) is 1.75. The third-order valence-electron chi connectivity index (χ3n) is 2.62. The van der Waals surface area contributed by atoms with E-state index in [1.165, 1.54) is 19.2 Å². The number of methoxy groups -OCH3 is 1. The Bertz CT molecular complexity index is 526. The Morgan fingerprint density at radius 2 is 2.05 bits per heavy atom. The van der Waals surface area contributed by atoms with Crippen molar-refractivity contribution in [2.45, 2.75) is 38.5 Å². The monoisotopic (exact) mass is 315 g/mol. The minimum absolute atomic E-state index is 0.128. The summed E-state index contributed by atoms with van der Waals surface area (Å²) >= 11 is 0. The molecule has 6 heteroatoms. The van der Waals surface area contributed by atoms with Crippen molar-refractivity contribution in [3.63, 3.8) is 0 Å². The maximum absolute atomic E-state index is 13.5. The number of halogens is 1. The molecule has 0 spiro atoms. The molecule has 0 aromatic heterocycles. The molecule has 0 bridgehead atoms. The zero-order chi connectivity index (χ0) is 16.0. The predicted octanol–water partition coefficient (Wildman–Crippen LogP) is 2.39. The van der Waals surface area contributed by atoms with Crippen LogP contribution in [-0.4, -0.2) is 28.5 Å². The molecular weight excluding hydrogens is 293 g/mol. The number of hydrogen-bond acceptors (Lipinski definition) is 3. The molecule has 1 aromatic rings. The van der Waals surface area contributed by atoms with E-state index in [1.807, 2.05) is 20.8 Å². The molecule has 118 valence electrons. The lowest BCUT2D eigenvalue weighted by Crippen LogP contribution is -2.41. The Morgan fingerprint density at radius 3 is 2.57 bits per heavy atom. The second-order valence-electron chi connectivity index (χ2n) is 5.81. The van der Waals surface area contributed by atoms with E-state index in [4.69, 9.17) is 4.74 Å². The van der Waals surface area contributed by atoms with Gasteiger partial charge in [0.25, 0.3) is 0 Å². The SMILES string of the molecule is COc1ccc(C[S@@](=O)CCC(=O)NC(C)(C)C)cc1F. The fraction of sp³-hybridized carbons (Fsp3) is 0.533. The zero-order valence-corrected chi connectivity index (χ0v) is 13.7. The van der Waals surface area contributed by atoms with Crippen molar-refractivity contribution < 1.29 is 18.1 Å². The average Bonchev–Trinajstić information content (AvgIpc) is 2.34. The Hall–Kier alpha value is -1.43. The molecule has 1 aromatic carbocycles. The minimum Gasteiger partial charge on any atom is -0.494 e. The van der Waals surface area contributed by atoms with E-state index in [9.17, 15) is 13.4 Å². The van der Waals surface area contributed by atoms with Crippen LogP contribution in [0, 0.1) is 5.82 Å². The normalized spacial score (nSPS) is 12.8. The van der Waals surface area contributed by atoms with Gasteiger partial charge in [-0.15, -0.1) is 0 Å². The second-order valence-corrected chi connectivity index (χ2v) is 7.38. The van der Waals surface area contributed by atoms with Crippen LogP contribution in [0.4, 0.5) is 4.39 Å². The molecule has 4 nitrogen and oxygen atoms in total. The summed E-state index contributed by atoms with van der Waals surface area (Å²) in [7, 11) is 0.188. The van der Waals surface area contributed by atoms with Crippen LogP contribution in [-0.2, 0) is 21.3 Å². The summed E-state index contributed by atoms with van der Waals surface area (Å²) in [6.45, 7) is 5.67. The van der Waals surface area contributed by atoms with Crippen LogP contribution in [0.3, 0.4) is 0 Å². The van der Waals surface area contributed by atoms with Gasteiger partial charge in [0.1, 0.15) is 0 Å². The van der Waals surface area contributed by atoms with Gasteiger partial charge in [0.15, 0.2) is 11.6 Å². The summed E-state index contributed by atoms with van der Waals surface area (Å²) in [5, 5.41) is 2.81. The highest BCUT2D eigenvalue weighted by Gasteiger charge is 2.14. The van der Waals surface area contributed by atoms with E-state index in [0.717, 1.165) is 0 Å². The maximum Gasteiger partial charge on any atom is 0.221 e. The molecule has 21 heavy (non-hydrogen) atoms. The summed E-state index contributed by atoms with van der Waals surface area (Å²) in [5.41, 5.74) is 0.334. The smallest absolute Gasteiger partial charge is 0.221 e. The van der Waals surface area contributed by atoms with Gasteiger partial charge in [0.05, 0.1) is 7.11 Å². The highest BCUT2D eigenvalue weighted by molar-refractivity contribution is 7.84. The van der Waals surface area contributed by atoms with Gasteiger partial charge in [-0.05, 0) is 38.5 Å². The number of carbonyl (C=O) groups excluding carboxylic acids is 1. The highest BCUT2D eigenvalue weighted by atomic mass is 32.2. The summed E-state index contributed by atoms with van der Waals surface area (Å²) in [6, 6.07) is 4.50. The van der Waals surface area contributed by atoms with Gasteiger partial charge in [-0.1, -0.05) is 6.07 Å². The molecule has 0 fully saturated rings. The third kappa shape index (κ3) is 6.71. The quantitative estimate of drug-likeness (QED) is 0.877. The Kier molecular flexibility index (Phi) is 6.33. The van der Waals surface area contributed by atoms with E-state index in [-0.39, 0.29) is 35.1 Å². The topological polar surface area (TPSA) is 55.4 Å². The van der Waals surface area contributed by atoms with Crippen LogP contribution in [0.1, 0.15) is 32.8 Å². The summed E-state index contributed by atoms with van der Waals surface area (Å²) in [6.07, 6.45) is 0.197. The van der Waals surface area contributed by atoms with Gasteiger partial charge >= 0.3 is 0 Å². The number of benzene rings is 1. The molecule has 1 rings (SSSR count). The predicted molar refractivity (Wildman–Crippen MR) is 82.2 cm³/mol. The molecule has 0 unspecified atom stereocenters. The molecule has 1 N–H and O–H groups in total. The van der Waals surface area contributed by atoms with Crippen molar-refractivity contribution in [1.29, 1.82) is 0 Å². The maximum atomic E-state index is 13.5. The van der Waals surface area contributed by atoms with E-state index in [0.29, 0.717) is 5.56 Å². The van der Waals surface area contributed by atoms with E-state index >= 15 is 0 Å². The van der Waals surface area contributed by atoms with E-state index in [2.05, 4.69) is 5.32 Å². The van der Waals surface area contributed by atoms with Crippen molar-refractivity contribution in [1.82, 2.24) is 5.32 Å². The van der Waals surface area contributed by atoms with Crippen molar-refractivity contribution in [3.05, 3.63) is 29.6 Å². The first-order valence-corrected chi connectivity index (χ1v) is 8.18. The van der Waals surface area contributed by atoms with E-state index < -0.39 is 16.6 Å². The molecule has 0 saturated carbocycles. The third-order valence-corrected chi connectivity index (χ3v) is 3.93. The average molecular weight is 315 g/mol. The van der Waals surface area contributed by atoms with Crippen LogP contribution in [0.2, 0.25) is 0 Å². The van der Waals surface area contributed by atoms with Crippen LogP contribution < -0.4 is 10.1 Å². The zero-order valence-electron chi connectivity index (χ0n) is 12.9.